The summed E-state index contributed by atoms with van der Waals surface area (Å²) in [6.07, 6.45) is 48.6. The molecule has 50 heavy (non-hydrogen) atoms. The first-order valence-electron chi connectivity index (χ1n) is 22.1. The Morgan fingerprint density at radius 3 is 1.36 bits per heavy atom. The predicted octanol–water partition coefficient (Wildman–Crippen LogP) is 12.6. The molecule has 0 aromatic rings. The molecule has 0 saturated heterocycles. The molecule has 1 amide bonds. The van der Waals surface area contributed by atoms with Crippen LogP contribution >= 0.6 is 0 Å². The quantitative estimate of drug-likeness (QED) is 0.0377. The van der Waals surface area contributed by atoms with Crippen molar-refractivity contribution >= 4 is 5.91 Å². The summed E-state index contributed by atoms with van der Waals surface area (Å²) in [5.74, 6) is -0.144. The van der Waals surface area contributed by atoms with E-state index in [4.69, 9.17) is 0 Å². The minimum absolute atomic E-state index is 0.144. The van der Waals surface area contributed by atoms with Gasteiger partial charge in [-0.05, 0) is 38.5 Å². The second-order valence-electron chi connectivity index (χ2n) is 15.2. The lowest BCUT2D eigenvalue weighted by atomic mass is 9.99. The molecule has 0 aromatic heterocycles. The van der Waals surface area contributed by atoms with Crippen molar-refractivity contribution in [1.82, 2.24) is 5.32 Å². The van der Waals surface area contributed by atoms with Gasteiger partial charge >= 0.3 is 0 Å². The van der Waals surface area contributed by atoms with Crippen LogP contribution in [-0.2, 0) is 4.79 Å². The number of carbonyl (C=O) groups is 1. The maximum atomic E-state index is 12.4. The van der Waals surface area contributed by atoms with Crippen LogP contribution in [0.1, 0.15) is 232 Å². The van der Waals surface area contributed by atoms with Gasteiger partial charge in [0.05, 0.1) is 18.8 Å². The molecular weight excluding hydrogens is 618 g/mol. The van der Waals surface area contributed by atoms with Gasteiger partial charge in [0.1, 0.15) is 6.10 Å². The van der Waals surface area contributed by atoms with E-state index in [0.717, 1.165) is 51.4 Å². The number of allylic oxidation sites excluding steroid dienone is 4. The van der Waals surface area contributed by atoms with Gasteiger partial charge in [0.25, 0.3) is 0 Å². The van der Waals surface area contributed by atoms with Crippen LogP contribution in [0.15, 0.2) is 24.3 Å². The van der Waals surface area contributed by atoms with Crippen LogP contribution in [0.4, 0.5) is 0 Å². The molecule has 0 bridgehead atoms. The van der Waals surface area contributed by atoms with Gasteiger partial charge in [-0.2, -0.15) is 0 Å². The highest BCUT2D eigenvalue weighted by Crippen LogP contribution is 2.17. The van der Waals surface area contributed by atoms with E-state index in [1.807, 2.05) is 0 Å². The van der Waals surface area contributed by atoms with Crippen molar-refractivity contribution in [3.8, 4) is 0 Å². The lowest BCUT2D eigenvalue weighted by Gasteiger charge is -2.26. The molecule has 3 atom stereocenters. The first kappa shape index (κ1) is 48.8. The second-order valence-corrected chi connectivity index (χ2v) is 15.2. The maximum absolute atomic E-state index is 12.4. The second kappa shape index (κ2) is 40.6. The van der Waals surface area contributed by atoms with Gasteiger partial charge in [0.2, 0.25) is 5.91 Å². The summed E-state index contributed by atoms with van der Waals surface area (Å²) < 4.78 is 0. The number of hydrogen-bond acceptors (Lipinski definition) is 4. The van der Waals surface area contributed by atoms with Crippen molar-refractivity contribution in [2.45, 2.75) is 250 Å². The number of nitrogens with one attached hydrogen (secondary N) is 1. The Bertz CT molecular complexity index is 739. The highest BCUT2D eigenvalue weighted by Gasteiger charge is 2.26. The number of hydrogen-bond donors (Lipinski definition) is 4. The zero-order valence-electron chi connectivity index (χ0n) is 33.5. The van der Waals surface area contributed by atoms with Crippen LogP contribution in [0, 0.1) is 0 Å². The van der Waals surface area contributed by atoms with E-state index in [1.54, 1.807) is 0 Å². The van der Waals surface area contributed by atoms with Crippen LogP contribution < -0.4 is 5.32 Å². The molecule has 0 aliphatic rings. The average Bonchev–Trinajstić information content (AvgIpc) is 3.12. The van der Waals surface area contributed by atoms with Crippen molar-refractivity contribution in [2.24, 2.45) is 0 Å². The first-order valence-corrected chi connectivity index (χ1v) is 22.1. The molecule has 0 saturated carbocycles. The highest BCUT2D eigenvalue weighted by molar-refractivity contribution is 5.76. The third-order valence-electron chi connectivity index (χ3n) is 10.3. The van der Waals surface area contributed by atoms with Crippen molar-refractivity contribution < 1.29 is 20.1 Å². The van der Waals surface area contributed by atoms with Crippen LogP contribution in [0.2, 0.25) is 0 Å². The summed E-state index contributed by atoms with van der Waals surface area (Å²) in [5.41, 5.74) is 0. The standard InChI is InChI=1S/C45H87NO4/c1-3-5-7-9-11-13-15-17-19-20-21-22-23-24-26-28-30-32-34-36-38-40-44(49)46-42(41-47)45(50)43(48)39-37-35-33-31-29-27-25-18-16-14-12-10-8-6-4-2/h5,7,11,13,42-43,45,47-48,50H,3-4,6,8-10,12,14-41H2,1-2H3,(H,46,49)/b7-5-,13-11-. The number of carbonyl (C=O) groups excluding carboxylic acids is 1. The average molecular weight is 706 g/mol. The fourth-order valence-corrected chi connectivity index (χ4v) is 6.91. The monoisotopic (exact) mass is 706 g/mol. The lowest BCUT2D eigenvalue weighted by Crippen LogP contribution is -2.50. The maximum Gasteiger partial charge on any atom is 0.220 e. The smallest absolute Gasteiger partial charge is 0.220 e. The molecule has 5 heteroatoms. The topological polar surface area (TPSA) is 89.8 Å². The van der Waals surface area contributed by atoms with Gasteiger partial charge in [-0.1, -0.05) is 212 Å². The summed E-state index contributed by atoms with van der Waals surface area (Å²) in [4.78, 5) is 12.4. The van der Waals surface area contributed by atoms with Crippen LogP contribution in [-0.4, -0.2) is 46.1 Å². The van der Waals surface area contributed by atoms with E-state index in [2.05, 4.69) is 43.5 Å². The first-order chi connectivity index (χ1) is 24.6. The molecule has 0 fully saturated rings. The van der Waals surface area contributed by atoms with E-state index < -0.39 is 18.2 Å². The number of aliphatic hydroxyl groups excluding tert-OH is 3. The SMILES string of the molecule is CC/C=C\C/C=C\CCCCCCCCCCCCCCCCC(=O)NC(CO)C(O)C(O)CCCCCCCCCCCCCCCCC. The zero-order valence-corrected chi connectivity index (χ0v) is 33.5. The minimum atomic E-state index is -1.13. The van der Waals surface area contributed by atoms with Crippen molar-refractivity contribution in [2.75, 3.05) is 6.61 Å². The van der Waals surface area contributed by atoms with Crippen LogP contribution in [0.5, 0.6) is 0 Å². The van der Waals surface area contributed by atoms with Gasteiger partial charge in [-0.3, -0.25) is 4.79 Å². The lowest BCUT2D eigenvalue weighted by molar-refractivity contribution is -0.124. The number of aliphatic hydroxyl groups is 3. The van der Waals surface area contributed by atoms with E-state index >= 15 is 0 Å². The predicted molar refractivity (Wildman–Crippen MR) is 218 cm³/mol. The summed E-state index contributed by atoms with van der Waals surface area (Å²) in [6, 6.07) is -0.806. The number of rotatable bonds is 40. The Balaban J connectivity index is 3.59. The molecule has 0 aromatic carbocycles. The van der Waals surface area contributed by atoms with Gasteiger partial charge in [-0.15, -0.1) is 0 Å². The Labute approximate surface area is 312 Å². The third-order valence-corrected chi connectivity index (χ3v) is 10.3. The van der Waals surface area contributed by atoms with E-state index in [0.29, 0.717) is 12.8 Å². The minimum Gasteiger partial charge on any atom is -0.394 e. The normalized spacial score (nSPS) is 13.8. The highest BCUT2D eigenvalue weighted by atomic mass is 16.3. The summed E-state index contributed by atoms with van der Waals surface area (Å²) in [7, 11) is 0. The molecule has 0 heterocycles. The molecular formula is C45H87NO4. The van der Waals surface area contributed by atoms with Crippen LogP contribution in [0.25, 0.3) is 0 Å². The molecule has 0 rings (SSSR count). The van der Waals surface area contributed by atoms with Gasteiger partial charge < -0.3 is 20.6 Å². The van der Waals surface area contributed by atoms with Crippen molar-refractivity contribution in [3.63, 3.8) is 0 Å². The molecule has 0 aliphatic carbocycles. The molecule has 0 radical (unpaired) electrons. The van der Waals surface area contributed by atoms with Gasteiger partial charge in [0.15, 0.2) is 0 Å². The zero-order chi connectivity index (χ0) is 36.6. The Kier molecular flexibility index (Phi) is 39.6. The summed E-state index contributed by atoms with van der Waals surface area (Å²) in [5, 5.41) is 33.6. The number of unbranched alkanes of at least 4 members (excludes halogenated alkanes) is 28. The fourth-order valence-electron chi connectivity index (χ4n) is 6.91. The Hall–Kier alpha value is -1.17. The Morgan fingerprint density at radius 2 is 0.920 bits per heavy atom. The van der Waals surface area contributed by atoms with E-state index in [-0.39, 0.29) is 12.5 Å². The van der Waals surface area contributed by atoms with Crippen LogP contribution in [0.3, 0.4) is 0 Å². The largest absolute Gasteiger partial charge is 0.394 e. The van der Waals surface area contributed by atoms with Gasteiger partial charge in [-0.25, -0.2) is 0 Å². The molecule has 0 spiro atoms. The van der Waals surface area contributed by atoms with Crippen molar-refractivity contribution in [3.05, 3.63) is 24.3 Å². The van der Waals surface area contributed by atoms with E-state index in [9.17, 15) is 20.1 Å². The fraction of sp³-hybridized carbons (Fsp3) is 0.889. The van der Waals surface area contributed by atoms with E-state index in [1.165, 1.54) is 154 Å². The van der Waals surface area contributed by atoms with Crippen molar-refractivity contribution in [1.29, 1.82) is 0 Å². The molecule has 5 nitrogen and oxygen atoms in total. The Morgan fingerprint density at radius 1 is 0.520 bits per heavy atom. The summed E-state index contributed by atoms with van der Waals surface area (Å²) in [6.45, 7) is 4.09. The van der Waals surface area contributed by atoms with Gasteiger partial charge in [0, 0.05) is 6.42 Å². The molecule has 4 N–H and O–H groups in total. The molecule has 296 valence electrons. The number of amides is 1. The molecule has 0 aliphatic heterocycles. The third kappa shape index (κ3) is 35.2. The summed E-state index contributed by atoms with van der Waals surface area (Å²) >= 11 is 0. The molecule has 3 unspecified atom stereocenters.